The first-order valence-corrected chi connectivity index (χ1v) is 7.06. The van der Waals surface area contributed by atoms with Gasteiger partial charge in [-0.15, -0.1) is 0 Å². The molecule has 2 N–H and O–H groups in total. The Morgan fingerprint density at radius 3 is 2.79 bits per heavy atom. The predicted molar refractivity (Wildman–Crippen MR) is 81.4 cm³/mol. The Kier molecular flexibility index (Phi) is 5.00. The number of nitrogens with one attached hydrogen (secondary N) is 2. The molecular formula is C15H20ClN3. The zero-order valence-corrected chi connectivity index (χ0v) is 12.1. The zero-order chi connectivity index (χ0) is 13.7. The molecule has 0 aromatic heterocycles. The van der Waals surface area contributed by atoms with Crippen LogP contribution in [0.4, 0.5) is 0 Å². The van der Waals surface area contributed by atoms with Crippen LogP contribution in [0.3, 0.4) is 0 Å². The molecule has 0 aliphatic carbocycles. The van der Waals surface area contributed by atoms with E-state index in [1.165, 1.54) is 11.3 Å². The fourth-order valence-electron chi connectivity index (χ4n) is 2.25. The van der Waals surface area contributed by atoms with E-state index >= 15 is 0 Å². The molecule has 0 fully saturated rings. The van der Waals surface area contributed by atoms with Gasteiger partial charge in [0.25, 0.3) is 0 Å². The number of hydrogen-bond acceptors (Lipinski definition) is 3. The van der Waals surface area contributed by atoms with E-state index in [0.29, 0.717) is 6.04 Å². The smallest absolute Gasteiger partial charge is 0.0528 e. The number of nitrogens with zero attached hydrogens (tertiary/aromatic N) is 1. The summed E-state index contributed by atoms with van der Waals surface area (Å²) >= 11 is 5.94. The Labute approximate surface area is 119 Å². The van der Waals surface area contributed by atoms with Crippen LogP contribution in [0.1, 0.15) is 38.3 Å². The lowest BCUT2D eigenvalue weighted by molar-refractivity contribution is 0.425. The van der Waals surface area contributed by atoms with Gasteiger partial charge in [0.05, 0.1) is 6.04 Å². The van der Waals surface area contributed by atoms with Crippen LogP contribution in [0.15, 0.2) is 41.1 Å². The Morgan fingerprint density at radius 2 is 2.16 bits per heavy atom. The predicted octanol–water partition coefficient (Wildman–Crippen LogP) is 3.63. The van der Waals surface area contributed by atoms with Crippen molar-refractivity contribution in [2.45, 2.75) is 38.8 Å². The van der Waals surface area contributed by atoms with E-state index in [9.17, 15) is 0 Å². The van der Waals surface area contributed by atoms with Gasteiger partial charge in [-0.25, -0.2) is 0 Å². The molecule has 102 valence electrons. The highest BCUT2D eigenvalue weighted by molar-refractivity contribution is 6.30. The van der Waals surface area contributed by atoms with E-state index in [1.807, 2.05) is 19.1 Å². The first-order valence-electron chi connectivity index (χ1n) is 6.68. The van der Waals surface area contributed by atoms with Crippen LogP contribution >= 0.6 is 11.6 Å². The quantitative estimate of drug-likeness (QED) is 0.651. The minimum Gasteiger partial charge on any atom is -0.304 e. The number of hydrogen-bond donors (Lipinski definition) is 2. The van der Waals surface area contributed by atoms with Crippen LogP contribution in [0.5, 0.6) is 0 Å². The van der Waals surface area contributed by atoms with E-state index in [-0.39, 0.29) is 6.04 Å². The summed E-state index contributed by atoms with van der Waals surface area (Å²) in [6, 6.07) is 8.67. The number of rotatable bonds is 4. The second kappa shape index (κ2) is 6.73. The average Bonchev–Trinajstić information content (AvgIpc) is 2.45. The van der Waals surface area contributed by atoms with Gasteiger partial charge in [0.15, 0.2) is 0 Å². The highest BCUT2D eigenvalue weighted by atomic mass is 35.5. The zero-order valence-electron chi connectivity index (χ0n) is 11.4. The second-order valence-corrected chi connectivity index (χ2v) is 5.13. The molecule has 0 spiro atoms. The first kappa shape index (κ1) is 14.1. The Balaban J connectivity index is 2.19. The van der Waals surface area contributed by atoms with E-state index in [4.69, 9.17) is 11.6 Å². The van der Waals surface area contributed by atoms with Gasteiger partial charge in [-0.05, 0) is 37.1 Å². The lowest BCUT2D eigenvalue weighted by atomic mass is 9.96. The van der Waals surface area contributed by atoms with Crippen molar-refractivity contribution < 1.29 is 0 Å². The average molecular weight is 278 g/mol. The molecule has 1 aliphatic heterocycles. The summed E-state index contributed by atoms with van der Waals surface area (Å²) < 4.78 is 0. The molecule has 3 nitrogen and oxygen atoms in total. The van der Waals surface area contributed by atoms with Crippen LogP contribution in [-0.2, 0) is 0 Å². The number of benzene rings is 1. The molecule has 2 atom stereocenters. The largest absolute Gasteiger partial charge is 0.304 e. The highest BCUT2D eigenvalue weighted by Gasteiger charge is 2.21. The molecule has 1 aliphatic rings. The highest BCUT2D eigenvalue weighted by Crippen LogP contribution is 2.25. The van der Waals surface area contributed by atoms with Gasteiger partial charge < -0.3 is 5.32 Å². The van der Waals surface area contributed by atoms with Crippen molar-refractivity contribution in [3.8, 4) is 0 Å². The molecule has 19 heavy (non-hydrogen) atoms. The van der Waals surface area contributed by atoms with Gasteiger partial charge in [0, 0.05) is 29.4 Å². The summed E-state index contributed by atoms with van der Waals surface area (Å²) in [6.45, 7) is 4.10. The maximum atomic E-state index is 5.94. The van der Waals surface area contributed by atoms with Crippen LogP contribution in [0.2, 0.25) is 5.02 Å². The Hall–Kier alpha value is -1.32. The molecule has 1 heterocycles. The molecule has 0 radical (unpaired) electrons. The topological polar surface area (TPSA) is 36.4 Å². The molecule has 2 rings (SSSR count). The molecule has 0 saturated heterocycles. The number of halogens is 1. The maximum absolute atomic E-state index is 5.94. The molecule has 1 aromatic carbocycles. The fourth-order valence-corrected chi connectivity index (χ4v) is 2.38. The van der Waals surface area contributed by atoms with Crippen molar-refractivity contribution in [1.82, 2.24) is 10.7 Å². The van der Waals surface area contributed by atoms with Gasteiger partial charge in [-0.1, -0.05) is 30.7 Å². The van der Waals surface area contributed by atoms with E-state index in [1.54, 1.807) is 6.21 Å². The Bertz CT molecular complexity index is 465. The number of hydrazone groups is 1. The molecule has 0 bridgehead atoms. The van der Waals surface area contributed by atoms with Crippen molar-refractivity contribution in [2.75, 3.05) is 0 Å². The van der Waals surface area contributed by atoms with Gasteiger partial charge in [-0.2, -0.15) is 5.10 Å². The van der Waals surface area contributed by atoms with E-state index in [2.05, 4.69) is 41.0 Å². The lowest BCUT2D eigenvalue weighted by Gasteiger charge is -2.29. The minimum atomic E-state index is 0.213. The van der Waals surface area contributed by atoms with Gasteiger partial charge in [-0.3, -0.25) is 5.43 Å². The second-order valence-electron chi connectivity index (χ2n) is 4.70. The van der Waals surface area contributed by atoms with Crippen molar-refractivity contribution >= 4 is 17.8 Å². The third kappa shape index (κ3) is 3.82. The first-order chi connectivity index (χ1) is 9.22. The van der Waals surface area contributed by atoms with Crippen molar-refractivity contribution in [3.05, 3.63) is 46.6 Å². The van der Waals surface area contributed by atoms with Crippen LogP contribution in [-0.4, -0.2) is 12.3 Å². The normalized spacial score (nSPS) is 23.4. The van der Waals surface area contributed by atoms with Crippen LogP contribution < -0.4 is 10.7 Å². The summed E-state index contributed by atoms with van der Waals surface area (Å²) in [7, 11) is 0. The summed E-state index contributed by atoms with van der Waals surface area (Å²) in [5.74, 6) is 0. The monoisotopic (exact) mass is 277 g/mol. The van der Waals surface area contributed by atoms with E-state index in [0.717, 1.165) is 17.9 Å². The summed E-state index contributed by atoms with van der Waals surface area (Å²) in [6.07, 6.45) is 6.04. The molecule has 0 saturated carbocycles. The molecule has 4 heteroatoms. The summed E-state index contributed by atoms with van der Waals surface area (Å²) in [4.78, 5) is 0. The van der Waals surface area contributed by atoms with Gasteiger partial charge in [0.1, 0.15) is 0 Å². The van der Waals surface area contributed by atoms with Crippen molar-refractivity contribution in [1.29, 1.82) is 0 Å². The molecular weight excluding hydrogens is 258 g/mol. The van der Waals surface area contributed by atoms with E-state index < -0.39 is 0 Å². The van der Waals surface area contributed by atoms with Crippen molar-refractivity contribution in [3.63, 3.8) is 0 Å². The maximum Gasteiger partial charge on any atom is 0.0528 e. The molecule has 1 aromatic rings. The van der Waals surface area contributed by atoms with Crippen LogP contribution in [0, 0.1) is 0 Å². The molecule has 2 unspecified atom stereocenters. The summed E-state index contributed by atoms with van der Waals surface area (Å²) in [5, 5.41) is 8.52. The Morgan fingerprint density at radius 1 is 1.42 bits per heavy atom. The minimum absolute atomic E-state index is 0.213. The third-order valence-corrected chi connectivity index (χ3v) is 3.56. The van der Waals surface area contributed by atoms with Gasteiger partial charge in [0.2, 0.25) is 0 Å². The van der Waals surface area contributed by atoms with Crippen LogP contribution in [0.25, 0.3) is 0 Å². The third-order valence-electron chi connectivity index (χ3n) is 3.31. The lowest BCUT2D eigenvalue weighted by Crippen LogP contribution is -2.37. The molecule has 0 amide bonds. The standard InChI is InChI=1S/C15H20ClN3/c1-3-13-9-14(19-17-4-2)10-15(18-13)11-5-7-12(16)8-6-11/h4-8,10,13,15,18-19H,3,9H2,1-2H3/b17-4-. The van der Waals surface area contributed by atoms with Crippen molar-refractivity contribution in [2.24, 2.45) is 5.10 Å². The fraction of sp³-hybridized carbons (Fsp3) is 0.400. The summed E-state index contributed by atoms with van der Waals surface area (Å²) in [5.41, 5.74) is 5.51. The van der Waals surface area contributed by atoms with Gasteiger partial charge >= 0.3 is 0 Å². The SMILES string of the molecule is C/C=N\NC1=CC(c2ccc(Cl)cc2)NC(CC)C1.